The van der Waals surface area contributed by atoms with Crippen LogP contribution in [-0.2, 0) is 17.6 Å². The second kappa shape index (κ2) is 10.2. The molecule has 1 saturated heterocycles. The van der Waals surface area contributed by atoms with Gasteiger partial charge >= 0.3 is 0 Å². The molecule has 1 N–H and O–H groups in total. The number of rotatable bonds is 7. The van der Waals surface area contributed by atoms with Crippen LogP contribution in [0.25, 0.3) is 11.1 Å². The van der Waals surface area contributed by atoms with Gasteiger partial charge in [0.05, 0.1) is 37.3 Å². The van der Waals surface area contributed by atoms with Gasteiger partial charge < -0.3 is 14.4 Å². The number of likely N-dealkylation sites (tertiary alicyclic amines) is 1. The molecule has 0 radical (unpaired) electrons. The predicted molar refractivity (Wildman–Crippen MR) is 137 cm³/mol. The fourth-order valence-electron chi connectivity index (χ4n) is 4.66. The zero-order valence-electron chi connectivity index (χ0n) is 20.0. The smallest absolute Gasteiger partial charge is 0.259 e. The third-order valence-electron chi connectivity index (χ3n) is 6.45. The Morgan fingerprint density at radius 2 is 2.09 bits per heavy atom. The molecule has 1 aliphatic heterocycles. The molecule has 0 saturated carbocycles. The van der Waals surface area contributed by atoms with Crippen LogP contribution in [0, 0.1) is 12.8 Å². The van der Waals surface area contributed by atoms with Crippen LogP contribution >= 0.6 is 22.9 Å². The molecule has 0 bridgehead atoms. The standard InChI is InChI=1S/C25H28ClN5O3S/c1-14-6-17(18-8-23(26)28-10-21(18)33-3)19(9-27-14)24(32)30-25-29-20-5-4-16(7-22(20)35-25)34-13-15-11-31(2)12-15/h6,8-10,15-16H,4-5,7,11-13H2,1-3H3,(H,29,30,32). The van der Waals surface area contributed by atoms with Gasteiger partial charge in [-0.1, -0.05) is 11.6 Å². The van der Waals surface area contributed by atoms with E-state index in [2.05, 4.69) is 27.2 Å². The van der Waals surface area contributed by atoms with Gasteiger partial charge in [-0.05, 0) is 38.9 Å². The molecule has 184 valence electrons. The second-order valence-electron chi connectivity index (χ2n) is 9.21. The number of anilines is 1. The average molecular weight is 514 g/mol. The molecule has 2 aliphatic rings. The third-order valence-corrected chi connectivity index (χ3v) is 7.69. The number of hydrogen-bond acceptors (Lipinski definition) is 8. The van der Waals surface area contributed by atoms with Crippen molar-refractivity contribution in [1.82, 2.24) is 19.9 Å². The molecule has 1 unspecified atom stereocenters. The van der Waals surface area contributed by atoms with Crippen LogP contribution in [0.2, 0.25) is 5.15 Å². The molecular formula is C25H28ClN5O3S. The van der Waals surface area contributed by atoms with Crippen molar-refractivity contribution in [3.05, 3.63) is 51.5 Å². The van der Waals surface area contributed by atoms with Gasteiger partial charge in [0.25, 0.3) is 5.91 Å². The Morgan fingerprint density at radius 1 is 1.26 bits per heavy atom. The first-order chi connectivity index (χ1) is 16.9. The minimum absolute atomic E-state index is 0.217. The van der Waals surface area contributed by atoms with Crippen molar-refractivity contribution in [1.29, 1.82) is 0 Å². The van der Waals surface area contributed by atoms with E-state index in [0.717, 1.165) is 50.3 Å². The molecule has 4 heterocycles. The third kappa shape index (κ3) is 5.33. The normalized spacial score (nSPS) is 18.1. The monoisotopic (exact) mass is 513 g/mol. The largest absolute Gasteiger partial charge is 0.494 e. The van der Waals surface area contributed by atoms with E-state index >= 15 is 0 Å². The number of pyridine rings is 2. The summed E-state index contributed by atoms with van der Waals surface area (Å²) in [5.74, 6) is 0.887. The quantitative estimate of drug-likeness (QED) is 0.472. The molecule has 8 nitrogen and oxygen atoms in total. The summed E-state index contributed by atoms with van der Waals surface area (Å²) in [4.78, 5) is 29.9. The molecule has 0 spiro atoms. The van der Waals surface area contributed by atoms with Crippen LogP contribution in [0.15, 0.2) is 24.5 Å². The van der Waals surface area contributed by atoms with Gasteiger partial charge in [-0.2, -0.15) is 0 Å². The van der Waals surface area contributed by atoms with Crippen LogP contribution in [0.4, 0.5) is 5.13 Å². The SMILES string of the molecule is COc1cnc(Cl)cc1-c1cc(C)ncc1C(=O)Nc1nc2c(s1)CC(OCC1CN(C)C1)CC2. The van der Waals surface area contributed by atoms with E-state index in [-0.39, 0.29) is 12.0 Å². The molecule has 1 atom stereocenters. The summed E-state index contributed by atoms with van der Waals surface area (Å²) in [5.41, 5.74) is 3.59. The number of hydrogen-bond donors (Lipinski definition) is 1. The van der Waals surface area contributed by atoms with Gasteiger partial charge in [0.15, 0.2) is 5.13 Å². The van der Waals surface area contributed by atoms with Gasteiger partial charge in [0, 0.05) is 53.3 Å². The lowest BCUT2D eigenvalue weighted by atomic mass is 9.99. The van der Waals surface area contributed by atoms with E-state index < -0.39 is 0 Å². The number of thiazole rings is 1. The van der Waals surface area contributed by atoms with Crippen molar-refractivity contribution < 1.29 is 14.3 Å². The van der Waals surface area contributed by atoms with E-state index in [4.69, 9.17) is 26.1 Å². The maximum absolute atomic E-state index is 13.3. The summed E-state index contributed by atoms with van der Waals surface area (Å²) in [6.45, 7) is 4.92. The number of amides is 1. The predicted octanol–water partition coefficient (Wildman–Crippen LogP) is 4.26. The van der Waals surface area contributed by atoms with E-state index in [0.29, 0.717) is 38.6 Å². The zero-order chi connectivity index (χ0) is 24.5. The van der Waals surface area contributed by atoms with E-state index in [9.17, 15) is 4.79 Å². The number of fused-ring (bicyclic) bond motifs is 1. The molecule has 35 heavy (non-hydrogen) atoms. The van der Waals surface area contributed by atoms with Gasteiger partial charge in [-0.3, -0.25) is 15.1 Å². The van der Waals surface area contributed by atoms with Crippen LogP contribution in [0.1, 0.15) is 33.0 Å². The molecule has 3 aromatic rings. The van der Waals surface area contributed by atoms with Crippen molar-refractivity contribution in [2.45, 2.75) is 32.3 Å². The number of nitrogens with zero attached hydrogens (tertiary/aromatic N) is 4. The highest BCUT2D eigenvalue weighted by atomic mass is 35.5. The number of ether oxygens (including phenoxy) is 2. The second-order valence-corrected chi connectivity index (χ2v) is 10.7. The summed E-state index contributed by atoms with van der Waals surface area (Å²) in [6.07, 6.45) is 6.00. The maximum Gasteiger partial charge on any atom is 0.259 e. The Labute approximate surface area is 213 Å². The Morgan fingerprint density at radius 3 is 2.86 bits per heavy atom. The number of methoxy groups -OCH3 is 1. The van der Waals surface area contributed by atoms with E-state index in [1.54, 1.807) is 25.6 Å². The molecule has 1 fully saturated rings. The lowest BCUT2D eigenvalue weighted by Crippen LogP contribution is -2.46. The minimum Gasteiger partial charge on any atom is -0.494 e. The number of aryl methyl sites for hydroxylation is 2. The highest BCUT2D eigenvalue weighted by molar-refractivity contribution is 7.15. The van der Waals surface area contributed by atoms with Gasteiger partial charge in [0.1, 0.15) is 10.9 Å². The van der Waals surface area contributed by atoms with Crippen LogP contribution in [-0.4, -0.2) is 65.7 Å². The molecule has 5 rings (SSSR count). The first-order valence-corrected chi connectivity index (χ1v) is 12.9. The Bertz CT molecular complexity index is 1240. The van der Waals surface area contributed by atoms with E-state index in [1.807, 2.05) is 13.0 Å². The molecule has 10 heteroatoms. The molecule has 3 aromatic heterocycles. The topological polar surface area (TPSA) is 89.5 Å². The Balaban J connectivity index is 1.31. The van der Waals surface area contributed by atoms with E-state index in [1.165, 1.54) is 16.2 Å². The number of carbonyl (C=O) groups excluding carboxylic acids is 1. The summed E-state index contributed by atoms with van der Waals surface area (Å²) in [5, 5.41) is 3.88. The van der Waals surface area contributed by atoms with Gasteiger partial charge in [-0.15, -0.1) is 11.3 Å². The fraction of sp³-hybridized carbons (Fsp3) is 0.440. The summed E-state index contributed by atoms with van der Waals surface area (Å²) in [7, 11) is 3.69. The first kappa shape index (κ1) is 24.1. The van der Waals surface area contributed by atoms with Crippen LogP contribution in [0.5, 0.6) is 5.75 Å². The number of aromatic nitrogens is 3. The first-order valence-electron chi connectivity index (χ1n) is 11.7. The lowest BCUT2D eigenvalue weighted by molar-refractivity contribution is -0.0182. The summed E-state index contributed by atoms with van der Waals surface area (Å²) in [6, 6.07) is 3.54. The van der Waals surface area contributed by atoms with Crippen molar-refractivity contribution in [2.24, 2.45) is 5.92 Å². The van der Waals surface area contributed by atoms with Gasteiger partial charge in [0.2, 0.25) is 0 Å². The molecule has 1 aliphatic carbocycles. The highest BCUT2D eigenvalue weighted by Crippen LogP contribution is 2.35. The zero-order valence-corrected chi connectivity index (χ0v) is 21.6. The number of nitrogens with one attached hydrogen (secondary N) is 1. The minimum atomic E-state index is -0.282. The van der Waals surface area contributed by atoms with Crippen molar-refractivity contribution in [3.8, 4) is 16.9 Å². The van der Waals surface area contributed by atoms with Crippen molar-refractivity contribution in [3.63, 3.8) is 0 Å². The fourth-order valence-corrected chi connectivity index (χ4v) is 5.89. The van der Waals surface area contributed by atoms with Crippen LogP contribution in [0.3, 0.4) is 0 Å². The molecule has 0 aromatic carbocycles. The number of carbonyl (C=O) groups is 1. The summed E-state index contributed by atoms with van der Waals surface area (Å²) >= 11 is 7.67. The summed E-state index contributed by atoms with van der Waals surface area (Å²) < 4.78 is 11.7. The molecule has 1 amide bonds. The maximum atomic E-state index is 13.3. The Kier molecular flexibility index (Phi) is 7.02. The van der Waals surface area contributed by atoms with Crippen LogP contribution < -0.4 is 10.1 Å². The van der Waals surface area contributed by atoms with Crippen molar-refractivity contribution in [2.75, 3.05) is 39.2 Å². The Hall–Kier alpha value is -2.59. The number of halogens is 1. The average Bonchev–Trinajstić information content (AvgIpc) is 3.22. The van der Waals surface area contributed by atoms with Gasteiger partial charge in [-0.25, -0.2) is 9.97 Å². The lowest BCUT2D eigenvalue weighted by Gasteiger charge is -2.37. The highest BCUT2D eigenvalue weighted by Gasteiger charge is 2.28. The molecular weight excluding hydrogens is 486 g/mol. The van der Waals surface area contributed by atoms with Crippen molar-refractivity contribution >= 4 is 34.0 Å².